The summed E-state index contributed by atoms with van der Waals surface area (Å²) in [6.07, 6.45) is 0. The first-order valence-electron chi connectivity index (χ1n) is 9.47. The van der Waals surface area contributed by atoms with Crippen LogP contribution in [0.4, 0.5) is 5.13 Å². The highest BCUT2D eigenvalue weighted by atomic mass is 79.9. The Morgan fingerprint density at radius 2 is 2.26 bits per heavy atom. The lowest BCUT2D eigenvalue weighted by atomic mass is 10.0. The van der Waals surface area contributed by atoms with Crippen LogP contribution >= 0.6 is 62.1 Å². The molecule has 1 saturated heterocycles. The van der Waals surface area contributed by atoms with Gasteiger partial charge in [0.1, 0.15) is 34.9 Å². The maximum atomic E-state index is 13.0. The lowest BCUT2D eigenvalue weighted by molar-refractivity contribution is -0.150. The number of fused-ring (bicyclic) bond motifs is 1. The number of halogens is 1. The third-order valence-corrected chi connectivity index (χ3v) is 8.83. The molecule has 17 heteroatoms. The molecule has 0 bridgehead atoms. The largest absolute Gasteiger partial charge is 0.477 e. The van der Waals surface area contributed by atoms with Crippen molar-refractivity contribution in [1.82, 2.24) is 25.4 Å². The molecule has 4 N–H and O–H groups in total. The van der Waals surface area contributed by atoms with E-state index < -0.39 is 29.2 Å². The molecular formula is C17H16BrN7O5S4. The number of alkyl halides is 1. The highest BCUT2D eigenvalue weighted by Gasteiger charge is 2.54. The number of carboxylic acid groups (broad SMARTS) is 1. The van der Waals surface area contributed by atoms with Crippen molar-refractivity contribution in [2.24, 2.45) is 5.16 Å². The Kier molecular flexibility index (Phi) is 8.07. The molecule has 0 aliphatic carbocycles. The number of hydrogen-bond acceptors (Lipinski definition) is 13. The van der Waals surface area contributed by atoms with Gasteiger partial charge in [0.15, 0.2) is 15.2 Å². The van der Waals surface area contributed by atoms with Crippen molar-refractivity contribution < 1.29 is 24.3 Å². The van der Waals surface area contributed by atoms with E-state index in [0.717, 1.165) is 11.3 Å². The number of nitrogen functional groups attached to an aromatic ring is 1. The number of hydrogen-bond donors (Lipinski definition) is 3. The normalized spacial score (nSPS) is 20.1. The van der Waals surface area contributed by atoms with E-state index in [0.29, 0.717) is 26.7 Å². The first kappa shape index (κ1) is 24.9. The van der Waals surface area contributed by atoms with Crippen LogP contribution in [0.15, 0.2) is 31.7 Å². The van der Waals surface area contributed by atoms with Gasteiger partial charge in [-0.3, -0.25) is 14.5 Å². The number of nitrogens with zero attached hydrogens (tertiary/aromatic N) is 5. The van der Waals surface area contributed by atoms with E-state index in [-0.39, 0.29) is 28.8 Å². The lowest BCUT2D eigenvalue weighted by Gasteiger charge is -2.49. The maximum absolute atomic E-state index is 13.0. The Labute approximate surface area is 217 Å². The lowest BCUT2D eigenvalue weighted by Crippen LogP contribution is -2.71. The summed E-state index contributed by atoms with van der Waals surface area (Å²) in [6, 6.07) is -0.915. The average Bonchev–Trinajstić information content (AvgIpc) is 3.49. The van der Waals surface area contributed by atoms with E-state index in [1.54, 1.807) is 10.9 Å². The maximum Gasteiger partial charge on any atom is 0.352 e. The Morgan fingerprint density at radius 1 is 1.44 bits per heavy atom. The second-order valence-electron chi connectivity index (χ2n) is 6.64. The zero-order valence-corrected chi connectivity index (χ0v) is 21.9. The number of anilines is 1. The van der Waals surface area contributed by atoms with E-state index in [4.69, 9.17) is 10.6 Å². The molecule has 4 rings (SSSR count). The fourth-order valence-corrected chi connectivity index (χ4v) is 6.79. The summed E-state index contributed by atoms with van der Waals surface area (Å²) in [5, 5.41) is 25.7. The van der Waals surface area contributed by atoms with Crippen molar-refractivity contribution in [2.45, 2.75) is 15.8 Å². The minimum atomic E-state index is -1.19. The summed E-state index contributed by atoms with van der Waals surface area (Å²) in [5.41, 5.74) is 7.91. The highest BCUT2D eigenvalue weighted by molar-refractivity contribution is 9.09. The number of thiazole rings is 1. The molecule has 2 aliphatic heterocycles. The van der Waals surface area contributed by atoms with E-state index in [1.807, 2.05) is 0 Å². The Hall–Kier alpha value is -2.21. The quantitative estimate of drug-likeness (QED) is 0.0887. The number of β-lactam (4-membered cyclic amide) rings is 1. The molecule has 4 heterocycles. The van der Waals surface area contributed by atoms with Crippen molar-refractivity contribution in [3.8, 4) is 0 Å². The molecule has 2 aromatic heterocycles. The zero-order chi connectivity index (χ0) is 24.2. The number of nitrogens with one attached hydrogen (secondary N) is 1. The number of carbonyl (C=O) groups is 3. The number of nitrogens with two attached hydrogens (primary N) is 1. The second-order valence-corrected chi connectivity index (χ2v) is 11.5. The molecule has 2 aromatic rings. The van der Waals surface area contributed by atoms with Crippen LogP contribution in [0.25, 0.3) is 0 Å². The van der Waals surface area contributed by atoms with E-state index in [9.17, 15) is 19.5 Å². The Morgan fingerprint density at radius 3 is 2.91 bits per heavy atom. The van der Waals surface area contributed by atoms with Crippen LogP contribution < -0.4 is 11.1 Å². The molecule has 1 unspecified atom stereocenters. The predicted octanol–water partition coefficient (Wildman–Crippen LogP) is 1.22. The van der Waals surface area contributed by atoms with Gasteiger partial charge in [0.25, 0.3) is 11.8 Å². The summed E-state index contributed by atoms with van der Waals surface area (Å²) in [4.78, 5) is 48.3. The van der Waals surface area contributed by atoms with Crippen LogP contribution in [0.2, 0.25) is 0 Å². The van der Waals surface area contributed by atoms with Gasteiger partial charge in [0.05, 0.1) is 0 Å². The van der Waals surface area contributed by atoms with E-state index in [1.165, 1.54) is 39.8 Å². The molecule has 0 aromatic carbocycles. The third kappa shape index (κ3) is 5.22. The third-order valence-electron chi connectivity index (χ3n) is 4.55. The summed E-state index contributed by atoms with van der Waals surface area (Å²) >= 11 is 8.43. The molecule has 180 valence electrons. The first-order valence-corrected chi connectivity index (χ1v) is 14.4. The number of carboxylic acids is 1. The van der Waals surface area contributed by atoms with Crippen molar-refractivity contribution in [1.29, 1.82) is 0 Å². The van der Waals surface area contributed by atoms with Crippen LogP contribution in [0.5, 0.6) is 0 Å². The van der Waals surface area contributed by atoms with Gasteiger partial charge < -0.3 is 21.0 Å². The summed E-state index contributed by atoms with van der Waals surface area (Å²) in [5.74, 6) is -1.62. The summed E-state index contributed by atoms with van der Waals surface area (Å²) < 4.78 is 0.709. The zero-order valence-electron chi connectivity index (χ0n) is 17.0. The van der Waals surface area contributed by atoms with Gasteiger partial charge in [-0.2, -0.15) is 0 Å². The van der Waals surface area contributed by atoms with Gasteiger partial charge in [0.2, 0.25) is 0 Å². The van der Waals surface area contributed by atoms with Crippen LogP contribution in [-0.2, 0) is 19.2 Å². The number of carbonyl (C=O) groups excluding carboxylic acids is 2. The number of thioether (sulfide) groups is 2. The molecule has 0 radical (unpaired) electrons. The van der Waals surface area contributed by atoms with Gasteiger partial charge >= 0.3 is 5.97 Å². The highest BCUT2D eigenvalue weighted by Crippen LogP contribution is 2.41. The molecule has 2 atom stereocenters. The fraction of sp³-hybridized carbons (Fsp3) is 0.353. The number of amides is 2. The standard InChI is InChI=1S/C17H16BrN7O5S4/c18-1-2-30-24-9(8-5-32-16(19)21-8)12(26)22-10-13(27)25-11(15(28)29)7(3-31-14(10)25)4-33-17-23-20-6-34-17/h5-6,10,14H,1-4H2,(H2,19,21)(H,22,26)(H,28,29)/t10?,14-/m1/s1. The molecule has 0 spiro atoms. The Bertz CT molecular complexity index is 1160. The Balaban J connectivity index is 1.49. The first-order chi connectivity index (χ1) is 16.4. The van der Waals surface area contributed by atoms with Gasteiger partial charge in [-0.1, -0.05) is 44.2 Å². The second kappa shape index (κ2) is 11.0. The topological polar surface area (TPSA) is 173 Å². The number of oxime groups is 1. The van der Waals surface area contributed by atoms with Crippen LogP contribution in [0.1, 0.15) is 5.69 Å². The monoisotopic (exact) mass is 605 g/mol. The number of aliphatic carboxylic acids is 1. The minimum absolute atomic E-state index is 0.0573. The number of aromatic nitrogens is 3. The molecule has 2 amide bonds. The molecule has 12 nitrogen and oxygen atoms in total. The fourth-order valence-electron chi connectivity index (χ4n) is 3.12. The van der Waals surface area contributed by atoms with E-state index in [2.05, 4.69) is 41.6 Å². The molecule has 34 heavy (non-hydrogen) atoms. The van der Waals surface area contributed by atoms with Gasteiger partial charge in [-0.25, -0.2) is 9.78 Å². The molecule has 2 aliphatic rings. The van der Waals surface area contributed by atoms with Crippen LogP contribution in [0, 0.1) is 0 Å². The molecule has 1 fully saturated rings. The average molecular weight is 607 g/mol. The van der Waals surface area contributed by atoms with Crippen molar-refractivity contribution in [2.75, 3.05) is 29.2 Å². The minimum Gasteiger partial charge on any atom is -0.477 e. The number of rotatable bonds is 10. The SMILES string of the molecule is Nc1nc(C(=NOCCBr)C(=O)NC2C(=O)N3C(C(=O)O)=C(CSc4nncs4)CS[C@H]23)cs1. The van der Waals surface area contributed by atoms with Gasteiger partial charge in [0, 0.05) is 22.2 Å². The molecule has 0 saturated carbocycles. The van der Waals surface area contributed by atoms with Gasteiger partial charge in [-0.05, 0) is 5.57 Å². The summed E-state index contributed by atoms with van der Waals surface area (Å²) in [6.45, 7) is 0.218. The van der Waals surface area contributed by atoms with Crippen LogP contribution in [0.3, 0.4) is 0 Å². The smallest absolute Gasteiger partial charge is 0.352 e. The molecular weight excluding hydrogens is 590 g/mol. The van der Waals surface area contributed by atoms with Gasteiger partial charge in [-0.15, -0.1) is 33.3 Å². The summed E-state index contributed by atoms with van der Waals surface area (Å²) in [7, 11) is 0. The van der Waals surface area contributed by atoms with Crippen molar-refractivity contribution >= 4 is 90.8 Å². The van der Waals surface area contributed by atoms with Crippen molar-refractivity contribution in [3.05, 3.63) is 27.9 Å². The van der Waals surface area contributed by atoms with Crippen LogP contribution in [-0.4, -0.2) is 83.5 Å². The van der Waals surface area contributed by atoms with E-state index >= 15 is 0 Å². The van der Waals surface area contributed by atoms with Crippen molar-refractivity contribution in [3.63, 3.8) is 0 Å². The predicted molar refractivity (Wildman–Crippen MR) is 133 cm³/mol.